The molecule has 0 radical (unpaired) electrons. The largest absolute Gasteiger partial charge is 0.313 e. The van der Waals surface area contributed by atoms with E-state index in [4.69, 9.17) is 0 Å². The Kier molecular flexibility index (Phi) is 5.44. The summed E-state index contributed by atoms with van der Waals surface area (Å²) in [5.74, 6) is 2.66. The summed E-state index contributed by atoms with van der Waals surface area (Å²) >= 11 is 2.09. The van der Waals surface area contributed by atoms with Crippen molar-refractivity contribution in [3.05, 3.63) is 0 Å². The molecule has 0 aromatic heterocycles. The van der Waals surface area contributed by atoms with E-state index >= 15 is 0 Å². The molecule has 0 unspecified atom stereocenters. The van der Waals surface area contributed by atoms with Crippen molar-refractivity contribution >= 4 is 11.8 Å². The van der Waals surface area contributed by atoms with E-state index in [2.05, 4.69) is 49.9 Å². The molecule has 1 aliphatic heterocycles. The van der Waals surface area contributed by atoms with Crippen LogP contribution in [0.25, 0.3) is 0 Å². The lowest BCUT2D eigenvalue weighted by molar-refractivity contribution is 0.225. The topological polar surface area (TPSA) is 15.3 Å². The van der Waals surface area contributed by atoms with E-state index < -0.39 is 0 Å². The van der Waals surface area contributed by atoms with Crippen LogP contribution in [0.3, 0.4) is 0 Å². The molecule has 0 spiro atoms. The van der Waals surface area contributed by atoms with Gasteiger partial charge in [-0.15, -0.1) is 0 Å². The normalized spacial score (nSPS) is 23.4. The predicted octanol–water partition coefficient (Wildman–Crippen LogP) is 2.06. The van der Waals surface area contributed by atoms with E-state index in [1.165, 1.54) is 24.3 Å². The summed E-state index contributed by atoms with van der Waals surface area (Å²) in [6.45, 7) is 6.97. The minimum atomic E-state index is 0.381. The summed E-state index contributed by atoms with van der Waals surface area (Å²) in [4.78, 5) is 2.28. The first-order chi connectivity index (χ1) is 6.99. The molecule has 0 amide bonds. The van der Waals surface area contributed by atoms with Gasteiger partial charge in [-0.3, -0.25) is 0 Å². The van der Waals surface area contributed by atoms with Gasteiger partial charge in [0.2, 0.25) is 0 Å². The maximum atomic E-state index is 3.72. The lowest BCUT2D eigenvalue weighted by Crippen LogP contribution is -2.43. The highest BCUT2D eigenvalue weighted by molar-refractivity contribution is 7.99. The van der Waals surface area contributed by atoms with E-state index in [1.807, 2.05) is 0 Å². The zero-order valence-electron chi connectivity index (χ0n) is 10.7. The lowest BCUT2D eigenvalue weighted by Gasteiger charge is -2.32. The number of rotatable bonds is 5. The molecule has 1 fully saturated rings. The average Bonchev–Trinajstić information content (AvgIpc) is 2.15. The third-order valence-corrected chi connectivity index (χ3v) is 3.99. The van der Waals surface area contributed by atoms with Gasteiger partial charge >= 0.3 is 0 Å². The molecular formula is C12H26N2S. The van der Waals surface area contributed by atoms with Crippen molar-refractivity contribution in [2.75, 3.05) is 38.7 Å². The molecule has 0 bridgehead atoms. The second-order valence-electron chi connectivity index (χ2n) is 5.70. The van der Waals surface area contributed by atoms with Gasteiger partial charge in [0.15, 0.2) is 0 Å². The van der Waals surface area contributed by atoms with Crippen LogP contribution < -0.4 is 5.32 Å². The molecule has 1 rings (SSSR count). The van der Waals surface area contributed by atoms with E-state index in [9.17, 15) is 0 Å². The maximum Gasteiger partial charge on any atom is 0.0158 e. The van der Waals surface area contributed by atoms with Gasteiger partial charge in [0, 0.05) is 24.9 Å². The zero-order valence-corrected chi connectivity index (χ0v) is 11.5. The van der Waals surface area contributed by atoms with Gasteiger partial charge in [-0.2, -0.15) is 11.8 Å². The Bertz CT molecular complexity index is 174. The molecule has 1 N–H and O–H groups in total. The highest BCUT2D eigenvalue weighted by atomic mass is 32.2. The fourth-order valence-electron chi connectivity index (χ4n) is 2.23. The molecule has 15 heavy (non-hydrogen) atoms. The SMILES string of the molecule is CN(C)CC(C)(C)CN[C@@H]1CCCSC1. The number of thioether (sulfide) groups is 1. The fraction of sp³-hybridized carbons (Fsp3) is 1.00. The Labute approximate surface area is 99.2 Å². The molecular weight excluding hydrogens is 204 g/mol. The van der Waals surface area contributed by atoms with Crippen LogP contribution in [0.2, 0.25) is 0 Å². The first-order valence-corrected chi connectivity index (χ1v) is 7.11. The van der Waals surface area contributed by atoms with Crippen LogP contribution in [0.4, 0.5) is 0 Å². The van der Waals surface area contributed by atoms with Crippen LogP contribution in [0.15, 0.2) is 0 Å². The standard InChI is InChI=1S/C12H26N2S/c1-12(2,10-14(3)4)9-13-11-6-5-7-15-8-11/h11,13H,5-10H2,1-4H3/t11-/m1/s1. The number of hydrogen-bond donors (Lipinski definition) is 1. The molecule has 2 nitrogen and oxygen atoms in total. The van der Waals surface area contributed by atoms with Gasteiger partial charge in [-0.25, -0.2) is 0 Å². The average molecular weight is 230 g/mol. The summed E-state index contributed by atoms with van der Waals surface area (Å²) in [5.41, 5.74) is 0.381. The van der Waals surface area contributed by atoms with Crippen molar-refractivity contribution in [2.45, 2.75) is 32.7 Å². The second kappa shape index (κ2) is 6.12. The van der Waals surface area contributed by atoms with Gasteiger partial charge in [0.25, 0.3) is 0 Å². The minimum Gasteiger partial charge on any atom is -0.313 e. The van der Waals surface area contributed by atoms with Crippen molar-refractivity contribution in [3.8, 4) is 0 Å². The first kappa shape index (κ1) is 13.3. The van der Waals surface area contributed by atoms with Crippen LogP contribution >= 0.6 is 11.8 Å². The van der Waals surface area contributed by atoms with E-state index in [-0.39, 0.29) is 0 Å². The molecule has 1 heterocycles. The van der Waals surface area contributed by atoms with E-state index in [0.717, 1.165) is 19.1 Å². The van der Waals surface area contributed by atoms with Crippen molar-refractivity contribution in [1.82, 2.24) is 10.2 Å². The van der Waals surface area contributed by atoms with Crippen LogP contribution in [-0.2, 0) is 0 Å². The predicted molar refractivity (Wildman–Crippen MR) is 70.7 cm³/mol. The van der Waals surface area contributed by atoms with Gasteiger partial charge in [-0.05, 0) is 38.1 Å². The third kappa shape index (κ3) is 5.79. The summed E-state index contributed by atoms with van der Waals surface area (Å²) in [6, 6.07) is 0.755. The second-order valence-corrected chi connectivity index (χ2v) is 6.85. The first-order valence-electron chi connectivity index (χ1n) is 5.95. The Morgan fingerprint density at radius 1 is 1.40 bits per heavy atom. The quantitative estimate of drug-likeness (QED) is 0.778. The Morgan fingerprint density at radius 2 is 2.13 bits per heavy atom. The molecule has 1 saturated heterocycles. The van der Waals surface area contributed by atoms with E-state index in [1.54, 1.807) is 0 Å². The molecule has 1 atom stereocenters. The third-order valence-electron chi connectivity index (χ3n) is 2.77. The number of hydrogen-bond acceptors (Lipinski definition) is 3. The number of nitrogens with one attached hydrogen (secondary N) is 1. The van der Waals surface area contributed by atoms with Crippen LogP contribution in [0, 0.1) is 5.41 Å². The maximum absolute atomic E-state index is 3.72. The monoisotopic (exact) mass is 230 g/mol. The highest BCUT2D eigenvalue weighted by Crippen LogP contribution is 2.19. The minimum absolute atomic E-state index is 0.381. The van der Waals surface area contributed by atoms with Gasteiger partial charge in [0.1, 0.15) is 0 Å². The van der Waals surface area contributed by atoms with Crippen molar-refractivity contribution in [1.29, 1.82) is 0 Å². The smallest absolute Gasteiger partial charge is 0.0158 e. The molecule has 0 aromatic rings. The number of nitrogens with zero attached hydrogens (tertiary/aromatic N) is 1. The summed E-state index contributed by atoms with van der Waals surface area (Å²) < 4.78 is 0. The molecule has 1 aliphatic rings. The molecule has 0 saturated carbocycles. The van der Waals surface area contributed by atoms with Crippen molar-refractivity contribution in [3.63, 3.8) is 0 Å². The Balaban J connectivity index is 2.21. The summed E-state index contributed by atoms with van der Waals surface area (Å²) in [5, 5.41) is 3.72. The fourth-order valence-corrected chi connectivity index (χ4v) is 3.34. The highest BCUT2D eigenvalue weighted by Gasteiger charge is 2.21. The van der Waals surface area contributed by atoms with Crippen LogP contribution in [0.5, 0.6) is 0 Å². The Morgan fingerprint density at radius 3 is 2.67 bits per heavy atom. The van der Waals surface area contributed by atoms with Gasteiger partial charge in [0.05, 0.1) is 0 Å². The Hall–Kier alpha value is 0.270. The van der Waals surface area contributed by atoms with Gasteiger partial charge < -0.3 is 10.2 Å². The molecule has 0 aliphatic carbocycles. The van der Waals surface area contributed by atoms with Crippen molar-refractivity contribution in [2.24, 2.45) is 5.41 Å². The van der Waals surface area contributed by atoms with Crippen LogP contribution in [0.1, 0.15) is 26.7 Å². The zero-order chi connectivity index (χ0) is 11.3. The van der Waals surface area contributed by atoms with Crippen LogP contribution in [-0.4, -0.2) is 49.6 Å². The lowest BCUT2D eigenvalue weighted by atomic mass is 9.92. The molecule has 90 valence electrons. The molecule has 0 aromatic carbocycles. The van der Waals surface area contributed by atoms with E-state index in [0.29, 0.717) is 5.41 Å². The van der Waals surface area contributed by atoms with Gasteiger partial charge in [-0.1, -0.05) is 13.8 Å². The summed E-state index contributed by atoms with van der Waals surface area (Å²) in [6.07, 6.45) is 2.75. The molecule has 3 heteroatoms. The summed E-state index contributed by atoms with van der Waals surface area (Å²) in [7, 11) is 4.30. The van der Waals surface area contributed by atoms with Crippen molar-refractivity contribution < 1.29 is 0 Å².